The van der Waals surface area contributed by atoms with Crippen LogP contribution in [0.2, 0.25) is 0 Å². The van der Waals surface area contributed by atoms with Gasteiger partial charge in [0.1, 0.15) is 18.5 Å². The molecule has 1 heterocycles. The molecule has 0 fully saturated rings. The summed E-state index contributed by atoms with van der Waals surface area (Å²) >= 11 is 0. The molecular weight excluding hydrogens is 310 g/mol. The molecule has 1 amide bonds. The van der Waals surface area contributed by atoms with E-state index in [4.69, 9.17) is 4.74 Å². The fourth-order valence-electron chi connectivity index (χ4n) is 1.82. The van der Waals surface area contributed by atoms with Gasteiger partial charge in [0.2, 0.25) is 0 Å². The molecule has 0 unspecified atom stereocenters. The highest BCUT2D eigenvalue weighted by molar-refractivity contribution is 5.79. The normalized spacial score (nSPS) is 12.0. The molecule has 1 aromatic heterocycles. The molecule has 1 rings (SSSR count). The van der Waals surface area contributed by atoms with Gasteiger partial charge < -0.3 is 25.3 Å². The largest absolute Gasteiger partial charge is 0.444 e. The summed E-state index contributed by atoms with van der Waals surface area (Å²) in [6.07, 6.45) is 1.26. The van der Waals surface area contributed by atoms with Crippen LogP contribution in [-0.2, 0) is 17.8 Å². The molecule has 9 heteroatoms. The lowest BCUT2D eigenvalue weighted by molar-refractivity contribution is 0.0529. The van der Waals surface area contributed by atoms with Crippen molar-refractivity contribution in [2.24, 2.45) is 4.99 Å². The van der Waals surface area contributed by atoms with Crippen LogP contribution in [0.4, 0.5) is 4.79 Å². The molecule has 136 valence electrons. The minimum atomic E-state index is -0.497. The van der Waals surface area contributed by atoms with E-state index in [1.54, 1.807) is 6.33 Å². The SMILES string of the molecule is CCNC(=NCc1nncn1CC)NCCNC(=O)OC(C)(C)C. The maximum absolute atomic E-state index is 11.6. The molecule has 0 spiro atoms. The van der Waals surface area contributed by atoms with Crippen LogP contribution in [0.1, 0.15) is 40.4 Å². The van der Waals surface area contributed by atoms with E-state index in [9.17, 15) is 4.79 Å². The smallest absolute Gasteiger partial charge is 0.407 e. The first-order valence-corrected chi connectivity index (χ1v) is 8.21. The van der Waals surface area contributed by atoms with E-state index >= 15 is 0 Å². The van der Waals surface area contributed by atoms with E-state index in [1.165, 1.54) is 0 Å². The maximum Gasteiger partial charge on any atom is 0.407 e. The van der Waals surface area contributed by atoms with E-state index < -0.39 is 11.7 Å². The molecule has 0 aliphatic heterocycles. The van der Waals surface area contributed by atoms with Crippen LogP contribution in [0.25, 0.3) is 0 Å². The van der Waals surface area contributed by atoms with Gasteiger partial charge >= 0.3 is 6.09 Å². The average Bonchev–Trinajstić information content (AvgIpc) is 2.94. The fraction of sp³-hybridized carbons (Fsp3) is 0.733. The van der Waals surface area contributed by atoms with Crippen molar-refractivity contribution < 1.29 is 9.53 Å². The molecular formula is C15H29N7O2. The lowest BCUT2D eigenvalue weighted by atomic mass is 10.2. The highest BCUT2D eigenvalue weighted by Gasteiger charge is 2.15. The second-order valence-corrected chi connectivity index (χ2v) is 6.08. The first kappa shape index (κ1) is 19.7. The second-order valence-electron chi connectivity index (χ2n) is 6.08. The standard InChI is InChI=1S/C15H29N7O2/c1-6-16-13(19-10-12-21-20-11-22(12)7-2)17-8-9-18-14(23)24-15(3,4)5/h11H,6-10H2,1-5H3,(H,18,23)(H2,16,17,19). The lowest BCUT2D eigenvalue weighted by Crippen LogP contribution is -2.42. The zero-order chi connectivity index (χ0) is 18.0. The summed E-state index contributed by atoms with van der Waals surface area (Å²) in [5.74, 6) is 1.47. The number of carbonyl (C=O) groups is 1. The molecule has 0 bridgehead atoms. The number of rotatable bonds is 7. The molecule has 0 atom stereocenters. The predicted octanol–water partition coefficient (Wildman–Crippen LogP) is 0.878. The van der Waals surface area contributed by atoms with E-state index in [0.717, 1.165) is 18.9 Å². The van der Waals surface area contributed by atoms with Gasteiger partial charge in [-0.3, -0.25) is 0 Å². The van der Waals surface area contributed by atoms with Crippen LogP contribution < -0.4 is 16.0 Å². The second kappa shape index (κ2) is 9.74. The number of ether oxygens (including phenoxy) is 1. The summed E-state index contributed by atoms with van der Waals surface area (Å²) < 4.78 is 7.11. The first-order valence-electron chi connectivity index (χ1n) is 8.21. The fourth-order valence-corrected chi connectivity index (χ4v) is 1.82. The highest BCUT2D eigenvalue weighted by atomic mass is 16.6. The Morgan fingerprint density at radius 2 is 1.96 bits per heavy atom. The summed E-state index contributed by atoms with van der Waals surface area (Å²) in [5.41, 5.74) is -0.497. The van der Waals surface area contributed by atoms with Gasteiger partial charge in [-0.1, -0.05) is 0 Å². The summed E-state index contributed by atoms with van der Waals surface area (Å²) in [6.45, 7) is 12.5. The van der Waals surface area contributed by atoms with Gasteiger partial charge in [0, 0.05) is 26.2 Å². The first-order chi connectivity index (χ1) is 11.4. The minimum absolute atomic E-state index is 0.428. The number of alkyl carbamates (subject to hydrolysis) is 1. The Kier molecular flexibility index (Phi) is 8.00. The number of amides is 1. The molecule has 3 N–H and O–H groups in total. The van der Waals surface area contributed by atoms with Gasteiger partial charge in [0.15, 0.2) is 11.8 Å². The third kappa shape index (κ3) is 7.80. The maximum atomic E-state index is 11.6. The summed E-state index contributed by atoms with van der Waals surface area (Å²) in [4.78, 5) is 16.0. The Morgan fingerprint density at radius 3 is 2.58 bits per heavy atom. The van der Waals surface area contributed by atoms with Crippen LogP contribution in [0.15, 0.2) is 11.3 Å². The van der Waals surface area contributed by atoms with Crippen LogP contribution >= 0.6 is 0 Å². The van der Waals surface area contributed by atoms with E-state index in [2.05, 4.69) is 31.1 Å². The number of nitrogens with zero attached hydrogens (tertiary/aromatic N) is 4. The van der Waals surface area contributed by atoms with Gasteiger partial charge in [0.25, 0.3) is 0 Å². The zero-order valence-electron chi connectivity index (χ0n) is 15.2. The quantitative estimate of drug-likeness (QED) is 0.387. The van der Waals surface area contributed by atoms with Gasteiger partial charge in [0.05, 0.1) is 0 Å². The predicted molar refractivity (Wildman–Crippen MR) is 92.8 cm³/mol. The van der Waals surface area contributed by atoms with Gasteiger partial charge in [-0.05, 0) is 34.6 Å². The summed E-state index contributed by atoms with van der Waals surface area (Å²) in [6, 6.07) is 0. The van der Waals surface area contributed by atoms with Gasteiger partial charge in [-0.15, -0.1) is 10.2 Å². The molecule has 9 nitrogen and oxygen atoms in total. The summed E-state index contributed by atoms with van der Waals surface area (Å²) in [7, 11) is 0. The van der Waals surface area contributed by atoms with Crippen molar-refractivity contribution in [3.8, 4) is 0 Å². The Hall–Kier alpha value is -2.32. The number of carbonyl (C=O) groups excluding carboxylic acids is 1. The molecule has 0 saturated carbocycles. The Bertz CT molecular complexity index is 534. The monoisotopic (exact) mass is 339 g/mol. The third-order valence-corrected chi connectivity index (χ3v) is 2.84. The van der Waals surface area contributed by atoms with Crippen LogP contribution in [0.3, 0.4) is 0 Å². The van der Waals surface area contributed by atoms with Crippen molar-refractivity contribution in [3.05, 3.63) is 12.2 Å². The number of hydrogen-bond acceptors (Lipinski definition) is 5. The molecule has 24 heavy (non-hydrogen) atoms. The summed E-state index contributed by atoms with van der Waals surface area (Å²) in [5, 5.41) is 16.9. The highest BCUT2D eigenvalue weighted by Crippen LogP contribution is 2.05. The minimum Gasteiger partial charge on any atom is -0.444 e. The molecule has 0 aromatic carbocycles. The number of aliphatic imine (C=N–C) groups is 1. The van der Waals surface area contributed by atoms with Crippen molar-refractivity contribution in [1.82, 2.24) is 30.7 Å². The van der Waals surface area contributed by atoms with Crippen LogP contribution in [0.5, 0.6) is 0 Å². The van der Waals surface area contributed by atoms with E-state index in [1.807, 2.05) is 39.2 Å². The van der Waals surface area contributed by atoms with Crippen molar-refractivity contribution in [2.75, 3.05) is 19.6 Å². The Labute approximate surface area is 143 Å². The number of aromatic nitrogens is 3. The van der Waals surface area contributed by atoms with Crippen LogP contribution in [-0.4, -0.2) is 52.1 Å². The molecule has 1 aromatic rings. The number of guanidine groups is 1. The van der Waals surface area contributed by atoms with Crippen molar-refractivity contribution in [1.29, 1.82) is 0 Å². The number of aryl methyl sites for hydroxylation is 1. The molecule has 0 aliphatic carbocycles. The van der Waals surface area contributed by atoms with Crippen LogP contribution in [0, 0.1) is 0 Å². The van der Waals surface area contributed by atoms with Crippen molar-refractivity contribution in [2.45, 2.75) is 53.3 Å². The Morgan fingerprint density at radius 1 is 1.25 bits per heavy atom. The van der Waals surface area contributed by atoms with Gasteiger partial charge in [-0.25, -0.2) is 9.79 Å². The number of nitrogens with one attached hydrogen (secondary N) is 3. The lowest BCUT2D eigenvalue weighted by Gasteiger charge is -2.19. The van der Waals surface area contributed by atoms with Gasteiger partial charge in [-0.2, -0.15) is 0 Å². The molecule has 0 aliphatic rings. The average molecular weight is 339 g/mol. The zero-order valence-corrected chi connectivity index (χ0v) is 15.2. The Balaban J connectivity index is 2.40. The van der Waals surface area contributed by atoms with Crippen molar-refractivity contribution in [3.63, 3.8) is 0 Å². The van der Waals surface area contributed by atoms with E-state index in [0.29, 0.717) is 25.6 Å². The molecule has 0 radical (unpaired) electrons. The topological polar surface area (TPSA) is 105 Å². The third-order valence-electron chi connectivity index (χ3n) is 2.84. The molecule has 0 saturated heterocycles. The number of hydrogen-bond donors (Lipinski definition) is 3. The van der Waals surface area contributed by atoms with E-state index in [-0.39, 0.29) is 0 Å². The van der Waals surface area contributed by atoms with Crippen molar-refractivity contribution >= 4 is 12.1 Å².